The average Bonchev–Trinajstić information content (AvgIpc) is 3.00. The van der Waals surface area contributed by atoms with E-state index in [9.17, 15) is 4.79 Å². The van der Waals surface area contributed by atoms with E-state index in [1.54, 1.807) is 6.20 Å². The summed E-state index contributed by atoms with van der Waals surface area (Å²) in [6.07, 6.45) is 9.79. The standard InChI is InChI=1S/C20H29N3O2/c24-20(6-4-16-2-1-9-21-12-16)23-14-17-3-5-19(23)15-22(13-17)18-7-10-25-11-8-18/h1-2,9,12,17-19H,3-8,10-11,13-15H2/t17-,19+/m1/s1. The van der Waals surface area contributed by atoms with Crippen LogP contribution in [0.5, 0.6) is 0 Å². The molecule has 136 valence electrons. The van der Waals surface area contributed by atoms with Crippen LogP contribution in [0.3, 0.4) is 0 Å². The van der Waals surface area contributed by atoms with E-state index < -0.39 is 0 Å². The number of ether oxygens (including phenoxy) is 1. The summed E-state index contributed by atoms with van der Waals surface area (Å²) >= 11 is 0. The quantitative estimate of drug-likeness (QED) is 0.840. The first-order chi connectivity index (χ1) is 12.3. The fraction of sp³-hybridized carbons (Fsp3) is 0.700. The minimum absolute atomic E-state index is 0.326. The minimum atomic E-state index is 0.326. The summed E-state index contributed by atoms with van der Waals surface area (Å²) < 4.78 is 5.53. The van der Waals surface area contributed by atoms with Gasteiger partial charge in [0, 0.05) is 63.7 Å². The summed E-state index contributed by atoms with van der Waals surface area (Å²) in [5.74, 6) is 0.969. The number of aryl methyl sites for hydroxylation is 1. The topological polar surface area (TPSA) is 45.7 Å². The van der Waals surface area contributed by atoms with Gasteiger partial charge in [-0.25, -0.2) is 0 Å². The normalized spacial score (nSPS) is 28.1. The summed E-state index contributed by atoms with van der Waals surface area (Å²) in [7, 11) is 0. The number of pyridine rings is 1. The molecule has 1 amide bonds. The lowest BCUT2D eigenvalue weighted by atomic mass is 9.94. The van der Waals surface area contributed by atoms with Crippen LogP contribution in [0.4, 0.5) is 0 Å². The fourth-order valence-electron chi connectivity index (χ4n) is 4.71. The van der Waals surface area contributed by atoms with E-state index in [2.05, 4.69) is 20.9 Å². The minimum Gasteiger partial charge on any atom is -0.381 e. The molecule has 4 aliphatic heterocycles. The molecule has 0 aromatic carbocycles. The highest BCUT2D eigenvalue weighted by Gasteiger charge is 2.38. The van der Waals surface area contributed by atoms with Gasteiger partial charge in [0.1, 0.15) is 0 Å². The van der Waals surface area contributed by atoms with Crippen molar-refractivity contribution in [3.63, 3.8) is 0 Å². The number of nitrogens with zero attached hydrogens (tertiary/aromatic N) is 3. The maximum Gasteiger partial charge on any atom is 0.223 e. The van der Waals surface area contributed by atoms with Gasteiger partial charge in [-0.15, -0.1) is 0 Å². The lowest BCUT2D eigenvalue weighted by molar-refractivity contribution is -0.135. The Bertz CT molecular complexity index is 574. The monoisotopic (exact) mass is 343 g/mol. The average molecular weight is 343 g/mol. The molecule has 0 unspecified atom stereocenters. The number of amides is 1. The van der Waals surface area contributed by atoms with Crippen molar-refractivity contribution >= 4 is 5.91 Å². The Morgan fingerprint density at radius 3 is 2.80 bits per heavy atom. The van der Waals surface area contributed by atoms with Crippen LogP contribution in [0.2, 0.25) is 0 Å². The molecule has 1 aromatic rings. The van der Waals surface area contributed by atoms with Crippen LogP contribution >= 0.6 is 0 Å². The lowest BCUT2D eigenvalue weighted by Crippen LogP contribution is -2.48. The molecule has 0 saturated carbocycles. The number of carbonyl (C=O) groups is 1. The molecule has 0 radical (unpaired) electrons. The summed E-state index contributed by atoms with van der Waals surface area (Å²) in [5.41, 5.74) is 1.15. The molecule has 4 fully saturated rings. The number of fused-ring (bicyclic) bond motifs is 4. The van der Waals surface area contributed by atoms with Crippen molar-refractivity contribution in [1.29, 1.82) is 0 Å². The number of aromatic nitrogens is 1. The number of hydrogen-bond donors (Lipinski definition) is 0. The second kappa shape index (κ2) is 7.83. The van der Waals surface area contributed by atoms with Crippen LogP contribution in [0.1, 0.15) is 37.7 Å². The Balaban J connectivity index is 1.37. The third-order valence-corrected chi connectivity index (χ3v) is 6.12. The lowest BCUT2D eigenvalue weighted by Gasteiger charge is -2.37. The molecule has 0 N–H and O–H groups in total. The Kier molecular flexibility index (Phi) is 5.32. The highest BCUT2D eigenvalue weighted by atomic mass is 16.5. The molecule has 4 saturated heterocycles. The van der Waals surface area contributed by atoms with Crippen LogP contribution in [-0.4, -0.2) is 65.6 Å². The maximum atomic E-state index is 12.9. The van der Waals surface area contributed by atoms with Gasteiger partial charge in [0.15, 0.2) is 0 Å². The Labute approximate surface area is 150 Å². The molecule has 2 bridgehead atoms. The van der Waals surface area contributed by atoms with Crippen LogP contribution in [0, 0.1) is 5.92 Å². The fourth-order valence-corrected chi connectivity index (χ4v) is 4.71. The first-order valence-corrected chi connectivity index (χ1v) is 9.80. The molecular formula is C20H29N3O2. The Morgan fingerprint density at radius 2 is 2.00 bits per heavy atom. The number of hydrogen-bond acceptors (Lipinski definition) is 4. The summed E-state index contributed by atoms with van der Waals surface area (Å²) in [6, 6.07) is 5.06. The van der Waals surface area contributed by atoms with E-state index >= 15 is 0 Å². The third-order valence-electron chi connectivity index (χ3n) is 6.12. The zero-order chi connectivity index (χ0) is 17.1. The SMILES string of the molecule is O=C(CCc1cccnc1)N1C[C@@H]2CC[C@H]1CN(C1CCOCC1)C2. The van der Waals surface area contributed by atoms with Crippen molar-refractivity contribution < 1.29 is 9.53 Å². The molecule has 5 heteroatoms. The largest absolute Gasteiger partial charge is 0.381 e. The molecule has 4 aliphatic rings. The number of carbonyl (C=O) groups excluding carboxylic acids is 1. The van der Waals surface area contributed by atoms with Gasteiger partial charge in [-0.05, 0) is 49.7 Å². The highest BCUT2D eigenvalue weighted by molar-refractivity contribution is 5.77. The van der Waals surface area contributed by atoms with Gasteiger partial charge in [0.05, 0.1) is 0 Å². The first kappa shape index (κ1) is 17.0. The Morgan fingerprint density at radius 1 is 1.12 bits per heavy atom. The first-order valence-electron chi connectivity index (χ1n) is 9.80. The van der Waals surface area contributed by atoms with Crippen molar-refractivity contribution in [2.75, 3.05) is 32.8 Å². The van der Waals surface area contributed by atoms with Crippen molar-refractivity contribution in [2.45, 2.75) is 50.6 Å². The molecule has 5 heterocycles. The molecule has 0 aliphatic carbocycles. The predicted octanol–water partition coefficient (Wildman–Crippen LogP) is 2.12. The Hall–Kier alpha value is -1.46. The van der Waals surface area contributed by atoms with Gasteiger partial charge in [-0.2, -0.15) is 0 Å². The molecule has 5 nitrogen and oxygen atoms in total. The zero-order valence-electron chi connectivity index (χ0n) is 15.0. The van der Waals surface area contributed by atoms with Gasteiger partial charge in [-0.1, -0.05) is 6.07 Å². The van der Waals surface area contributed by atoms with Crippen molar-refractivity contribution in [3.05, 3.63) is 30.1 Å². The summed E-state index contributed by atoms with van der Waals surface area (Å²) in [6.45, 7) is 4.96. The predicted molar refractivity (Wildman–Crippen MR) is 96.2 cm³/mol. The summed E-state index contributed by atoms with van der Waals surface area (Å²) in [5, 5.41) is 0. The summed E-state index contributed by atoms with van der Waals surface area (Å²) in [4.78, 5) is 21.9. The molecule has 2 atom stereocenters. The molecule has 0 spiro atoms. The smallest absolute Gasteiger partial charge is 0.223 e. The second-order valence-electron chi connectivity index (χ2n) is 7.80. The van der Waals surface area contributed by atoms with E-state index in [0.29, 0.717) is 30.3 Å². The van der Waals surface area contributed by atoms with E-state index in [-0.39, 0.29) is 0 Å². The van der Waals surface area contributed by atoms with Crippen molar-refractivity contribution in [3.8, 4) is 0 Å². The van der Waals surface area contributed by atoms with Crippen LogP contribution in [0.15, 0.2) is 24.5 Å². The van der Waals surface area contributed by atoms with Crippen LogP contribution in [-0.2, 0) is 16.0 Å². The van der Waals surface area contributed by atoms with Gasteiger partial charge < -0.3 is 9.64 Å². The van der Waals surface area contributed by atoms with E-state index in [0.717, 1.165) is 57.7 Å². The van der Waals surface area contributed by atoms with E-state index in [1.807, 2.05) is 12.3 Å². The van der Waals surface area contributed by atoms with Crippen LogP contribution in [0.25, 0.3) is 0 Å². The number of piperidine rings is 1. The number of rotatable bonds is 4. The van der Waals surface area contributed by atoms with Gasteiger partial charge in [0.2, 0.25) is 5.91 Å². The molecule has 5 rings (SSSR count). The van der Waals surface area contributed by atoms with Crippen molar-refractivity contribution in [1.82, 2.24) is 14.8 Å². The van der Waals surface area contributed by atoms with E-state index in [1.165, 1.54) is 12.8 Å². The van der Waals surface area contributed by atoms with Gasteiger partial charge >= 0.3 is 0 Å². The van der Waals surface area contributed by atoms with Crippen LogP contribution < -0.4 is 0 Å². The zero-order valence-corrected chi connectivity index (χ0v) is 15.0. The molecule has 25 heavy (non-hydrogen) atoms. The van der Waals surface area contributed by atoms with Crippen molar-refractivity contribution in [2.24, 2.45) is 5.92 Å². The van der Waals surface area contributed by atoms with Gasteiger partial charge in [0.25, 0.3) is 0 Å². The highest BCUT2D eigenvalue weighted by Crippen LogP contribution is 2.31. The molecule has 1 aromatic heterocycles. The van der Waals surface area contributed by atoms with E-state index in [4.69, 9.17) is 4.74 Å². The second-order valence-corrected chi connectivity index (χ2v) is 7.80. The third kappa shape index (κ3) is 4.04. The van der Waals surface area contributed by atoms with Gasteiger partial charge in [-0.3, -0.25) is 14.7 Å². The molecular weight excluding hydrogens is 314 g/mol. The maximum absolute atomic E-state index is 12.9.